The molecule has 0 aliphatic carbocycles. The number of nitrogens with zero attached hydrogens (tertiary/aromatic N) is 2. The van der Waals surface area contributed by atoms with Crippen LogP contribution in [0.15, 0.2) is 18.2 Å². The van der Waals surface area contributed by atoms with Gasteiger partial charge in [0.15, 0.2) is 6.61 Å². The van der Waals surface area contributed by atoms with Crippen LogP contribution >= 0.6 is 0 Å². The normalized spacial score (nSPS) is 16.0. The molecule has 0 aromatic heterocycles. The summed E-state index contributed by atoms with van der Waals surface area (Å²) in [6.07, 6.45) is 0.540. The van der Waals surface area contributed by atoms with Crippen LogP contribution in [0.3, 0.4) is 0 Å². The number of hydrogen-bond acceptors (Lipinski definition) is 4. The van der Waals surface area contributed by atoms with E-state index in [9.17, 15) is 14.0 Å². The second-order valence-electron chi connectivity index (χ2n) is 4.81. The van der Waals surface area contributed by atoms with Crippen molar-refractivity contribution in [2.24, 2.45) is 0 Å². The molecule has 1 heterocycles. The Labute approximate surface area is 116 Å². The largest absolute Gasteiger partial charge is 0.484 e. The van der Waals surface area contributed by atoms with Crippen molar-refractivity contribution in [3.8, 4) is 5.75 Å². The molecule has 0 unspecified atom stereocenters. The molecule has 20 heavy (non-hydrogen) atoms. The maximum Gasteiger partial charge on any atom is 0.260 e. The smallest absolute Gasteiger partial charge is 0.260 e. The van der Waals surface area contributed by atoms with Gasteiger partial charge in [0.05, 0.1) is 0 Å². The molecule has 1 aromatic rings. The van der Waals surface area contributed by atoms with Crippen LogP contribution in [0.5, 0.6) is 5.75 Å². The van der Waals surface area contributed by atoms with Gasteiger partial charge in [-0.1, -0.05) is 0 Å². The van der Waals surface area contributed by atoms with Gasteiger partial charge in [0.25, 0.3) is 5.91 Å². The number of aldehydes is 1. The van der Waals surface area contributed by atoms with E-state index < -0.39 is 5.82 Å². The molecule has 1 amide bonds. The van der Waals surface area contributed by atoms with Crippen LogP contribution in [0, 0.1) is 5.82 Å². The Morgan fingerprint density at radius 1 is 1.30 bits per heavy atom. The molecule has 0 N–H and O–H groups in total. The number of halogens is 1. The van der Waals surface area contributed by atoms with Crippen molar-refractivity contribution in [2.45, 2.75) is 0 Å². The average molecular weight is 280 g/mol. The van der Waals surface area contributed by atoms with E-state index in [1.807, 2.05) is 7.05 Å². The summed E-state index contributed by atoms with van der Waals surface area (Å²) in [6.45, 7) is 2.86. The zero-order valence-corrected chi connectivity index (χ0v) is 11.3. The van der Waals surface area contributed by atoms with Crippen molar-refractivity contribution < 1.29 is 18.7 Å². The molecule has 0 atom stereocenters. The molecular formula is C14H17FN2O3. The first-order chi connectivity index (χ1) is 9.58. The molecule has 5 nitrogen and oxygen atoms in total. The summed E-state index contributed by atoms with van der Waals surface area (Å²) in [4.78, 5) is 26.4. The maximum atomic E-state index is 13.2. The highest BCUT2D eigenvalue weighted by Crippen LogP contribution is 2.15. The number of rotatable bonds is 4. The quantitative estimate of drug-likeness (QED) is 0.765. The van der Waals surface area contributed by atoms with E-state index >= 15 is 0 Å². The molecule has 0 radical (unpaired) electrons. The molecule has 0 saturated carbocycles. The Hall–Kier alpha value is -1.95. The lowest BCUT2D eigenvalue weighted by Gasteiger charge is -2.32. The van der Waals surface area contributed by atoms with Crippen molar-refractivity contribution in [3.63, 3.8) is 0 Å². The molecular weight excluding hydrogens is 263 g/mol. The van der Waals surface area contributed by atoms with Gasteiger partial charge < -0.3 is 14.5 Å². The minimum absolute atomic E-state index is 0.130. The van der Waals surface area contributed by atoms with Crippen LogP contribution in [-0.4, -0.2) is 61.8 Å². The van der Waals surface area contributed by atoms with Gasteiger partial charge in [-0.3, -0.25) is 9.59 Å². The van der Waals surface area contributed by atoms with Crippen molar-refractivity contribution in [1.82, 2.24) is 9.80 Å². The molecule has 1 aromatic carbocycles. The number of piperazine rings is 1. The third-order valence-electron chi connectivity index (χ3n) is 3.25. The number of likely N-dealkylation sites (N-methyl/N-ethyl adjacent to an activating group) is 1. The summed E-state index contributed by atoms with van der Waals surface area (Å²) in [5, 5.41) is 0. The number of ether oxygens (including phenoxy) is 1. The number of benzene rings is 1. The van der Waals surface area contributed by atoms with Gasteiger partial charge in [-0.2, -0.15) is 0 Å². The van der Waals surface area contributed by atoms with Crippen molar-refractivity contribution in [2.75, 3.05) is 39.8 Å². The zero-order chi connectivity index (χ0) is 14.5. The average Bonchev–Trinajstić information content (AvgIpc) is 2.45. The van der Waals surface area contributed by atoms with Gasteiger partial charge in [0, 0.05) is 37.8 Å². The van der Waals surface area contributed by atoms with E-state index in [-0.39, 0.29) is 23.8 Å². The van der Waals surface area contributed by atoms with Crippen LogP contribution in [0.4, 0.5) is 4.39 Å². The molecule has 1 aliphatic heterocycles. The highest BCUT2D eigenvalue weighted by molar-refractivity contribution is 5.78. The standard InChI is InChI=1S/C14H17FN2O3/c1-16-2-4-17(5-3-16)14(19)10-20-13-7-11(9-18)6-12(15)8-13/h6-9H,2-5,10H2,1H3. The molecule has 2 rings (SSSR count). The fraction of sp³-hybridized carbons (Fsp3) is 0.429. The predicted octanol–water partition coefficient (Wildman–Crippen LogP) is 0.791. The van der Waals surface area contributed by atoms with Crippen LogP contribution in [0.2, 0.25) is 0 Å². The molecule has 108 valence electrons. The summed E-state index contributed by atoms with van der Waals surface area (Å²) >= 11 is 0. The molecule has 0 spiro atoms. The van der Waals surface area contributed by atoms with Crippen LogP contribution in [0.25, 0.3) is 0 Å². The van der Waals surface area contributed by atoms with Gasteiger partial charge in [-0.15, -0.1) is 0 Å². The molecule has 1 aliphatic rings. The number of hydrogen-bond donors (Lipinski definition) is 0. The monoisotopic (exact) mass is 280 g/mol. The van der Waals surface area contributed by atoms with E-state index in [0.717, 1.165) is 25.2 Å². The fourth-order valence-electron chi connectivity index (χ4n) is 2.03. The van der Waals surface area contributed by atoms with Gasteiger partial charge in [0.1, 0.15) is 17.9 Å². The molecule has 0 bridgehead atoms. The Morgan fingerprint density at radius 3 is 2.65 bits per heavy atom. The van der Waals surface area contributed by atoms with Gasteiger partial charge >= 0.3 is 0 Å². The third-order valence-corrected chi connectivity index (χ3v) is 3.25. The third kappa shape index (κ3) is 3.77. The Morgan fingerprint density at radius 2 is 2.00 bits per heavy atom. The number of carbonyl (C=O) groups excluding carboxylic acids is 2. The Balaban J connectivity index is 1.90. The second kappa shape index (κ2) is 6.47. The fourth-order valence-corrected chi connectivity index (χ4v) is 2.03. The van der Waals surface area contributed by atoms with Crippen molar-refractivity contribution in [3.05, 3.63) is 29.6 Å². The Kier molecular flexibility index (Phi) is 4.68. The first-order valence-electron chi connectivity index (χ1n) is 6.43. The van der Waals surface area contributed by atoms with E-state index in [1.165, 1.54) is 6.07 Å². The summed E-state index contributed by atoms with van der Waals surface area (Å²) < 4.78 is 18.5. The highest BCUT2D eigenvalue weighted by atomic mass is 19.1. The minimum Gasteiger partial charge on any atom is -0.484 e. The topological polar surface area (TPSA) is 49.9 Å². The van der Waals surface area contributed by atoms with E-state index in [2.05, 4.69) is 4.90 Å². The summed E-state index contributed by atoms with van der Waals surface area (Å²) in [7, 11) is 2.01. The second-order valence-corrected chi connectivity index (χ2v) is 4.81. The number of amides is 1. The molecule has 1 fully saturated rings. The number of carbonyl (C=O) groups is 2. The Bertz CT molecular complexity index is 499. The minimum atomic E-state index is -0.559. The first-order valence-corrected chi connectivity index (χ1v) is 6.43. The summed E-state index contributed by atoms with van der Waals surface area (Å²) in [5.74, 6) is -0.499. The van der Waals surface area contributed by atoms with E-state index in [4.69, 9.17) is 4.74 Å². The molecule has 1 saturated heterocycles. The predicted molar refractivity (Wildman–Crippen MR) is 71.4 cm³/mol. The lowest BCUT2D eigenvalue weighted by atomic mass is 10.2. The van der Waals surface area contributed by atoms with Crippen LogP contribution in [-0.2, 0) is 4.79 Å². The highest BCUT2D eigenvalue weighted by Gasteiger charge is 2.19. The summed E-state index contributed by atoms with van der Waals surface area (Å²) in [5.41, 5.74) is 0.187. The lowest BCUT2D eigenvalue weighted by Crippen LogP contribution is -2.48. The van der Waals surface area contributed by atoms with E-state index in [1.54, 1.807) is 4.90 Å². The van der Waals surface area contributed by atoms with Gasteiger partial charge in [0.2, 0.25) is 0 Å². The maximum absolute atomic E-state index is 13.2. The lowest BCUT2D eigenvalue weighted by molar-refractivity contribution is -0.134. The van der Waals surface area contributed by atoms with Gasteiger partial charge in [-0.25, -0.2) is 4.39 Å². The van der Waals surface area contributed by atoms with Crippen molar-refractivity contribution in [1.29, 1.82) is 0 Å². The molecule has 6 heteroatoms. The van der Waals surface area contributed by atoms with Crippen LogP contribution < -0.4 is 4.74 Å². The van der Waals surface area contributed by atoms with Crippen LogP contribution in [0.1, 0.15) is 10.4 Å². The summed E-state index contributed by atoms with van der Waals surface area (Å²) in [6, 6.07) is 3.68. The van der Waals surface area contributed by atoms with Gasteiger partial charge in [-0.05, 0) is 19.2 Å². The van der Waals surface area contributed by atoms with E-state index in [0.29, 0.717) is 19.4 Å². The zero-order valence-electron chi connectivity index (χ0n) is 11.3. The first kappa shape index (κ1) is 14.5. The van der Waals surface area contributed by atoms with Crippen molar-refractivity contribution >= 4 is 12.2 Å². The SMILES string of the molecule is CN1CCN(C(=O)COc2cc(F)cc(C=O)c2)CC1.